The summed E-state index contributed by atoms with van der Waals surface area (Å²) in [5.41, 5.74) is 3.41. The molecule has 0 bridgehead atoms. The Hall–Kier alpha value is -3.95. The zero-order valence-corrected chi connectivity index (χ0v) is 21.6. The van der Waals surface area contributed by atoms with Gasteiger partial charge in [0.15, 0.2) is 0 Å². The number of nitrogens with one attached hydrogen (secondary N) is 1. The summed E-state index contributed by atoms with van der Waals surface area (Å²) in [7, 11) is -2.78. The highest BCUT2D eigenvalue weighted by Crippen LogP contribution is 2.23. The van der Waals surface area contributed by atoms with Crippen LogP contribution in [0.25, 0.3) is 11.5 Å². The summed E-state index contributed by atoms with van der Waals surface area (Å²) in [6, 6.07) is 21.8. The maximum absolute atomic E-state index is 13.1. The Balaban J connectivity index is 1.26. The lowest BCUT2D eigenvalue weighted by atomic mass is 10.1. The number of oxazole rings is 1. The molecule has 0 amide bonds. The van der Waals surface area contributed by atoms with Gasteiger partial charge in [0.2, 0.25) is 5.89 Å². The van der Waals surface area contributed by atoms with E-state index in [4.69, 9.17) is 9.15 Å². The third-order valence-corrected chi connectivity index (χ3v) is 7.76. The van der Waals surface area contributed by atoms with Crippen molar-refractivity contribution >= 4 is 21.3 Å². The van der Waals surface area contributed by atoms with Gasteiger partial charge in [-0.1, -0.05) is 30.3 Å². The van der Waals surface area contributed by atoms with Gasteiger partial charge in [-0.05, 0) is 67.6 Å². The largest absolute Gasteiger partial charge is 0.493 e. The number of aryl methyl sites for hydroxylation is 2. The molecule has 1 atom stereocenters. The summed E-state index contributed by atoms with van der Waals surface area (Å²) in [6.07, 6.45) is 1.27. The van der Waals surface area contributed by atoms with Gasteiger partial charge in [0.1, 0.15) is 11.5 Å². The average Bonchev–Trinajstić information content (AvgIpc) is 3.25. The van der Waals surface area contributed by atoms with Gasteiger partial charge in [-0.25, -0.2) is 13.9 Å². The molecule has 0 aliphatic carbocycles. The molecule has 1 N–H and O–H groups in total. The summed E-state index contributed by atoms with van der Waals surface area (Å²) in [6.45, 7) is 4.51. The lowest BCUT2D eigenvalue weighted by molar-refractivity contribution is -0.385. The molecule has 9 heteroatoms. The number of non-ortho nitro benzene ring substituents is 1. The first-order valence-electron chi connectivity index (χ1n) is 11.8. The van der Waals surface area contributed by atoms with Crippen molar-refractivity contribution in [1.29, 1.82) is 0 Å². The molecule has 0 saturated carbocycles. The van der Waals surface area contributed by atoms with E-state index in [2.05, 4.69) is 15.6 Å². The first-order valence-corrected chi connectivity index (χ1v) is 13.6. The van der Waals surface area contributed by atoms with Crippen molar-refractivity contribution in [2.45, 2.75) is 31.6 Å². The van der Waals surface area contributed by atoms with Crippen molar-refractivity contribution < 1.29 is 18.3 Å². The highest BCUT2D eigenvalue weighted by atomic mass is 32.2. The van der Waals surface area contributed by atoms with Crippen LogP contribution in [0.3, 0.4) is 0 Å². The van der Waals surface area contributed by atoms with E-state index in [-0.39, 0.29) is 5.69 Å². The fourth-order valence-corrected chi connectivity index (χ4v) is 5.39. The lowest BCUT2D eigenvalue weighted by Gasteiger charge is -2.14. The fraction of sp³-hybridized carbons (Fsp3) is 0.214. The third-order valence-electron chi connectivity index (χ3n) is 5.92. The molecule has 0 saturated heterocycles. The van der Waals surface area contributed by atoms with Gasteiger partial charge in [0, 0.05) is 35.6 Å². The van der Waals surface area contributed by atoms with E-state index in [1.807, 2.05) is 61.5 Å². The Bertz CT molecular complexity index is 1480. The Kier molecular flexibility index (Phi) is 8.05. The van der Waals surface area contributed by atoms with E-state index in [0.717, 1.165) is 28.3 Å². The van der Waals surface area contributed by atoms with E-state index in [9.17, 15) is 14.3 Å². The molecule has 0 spiro atoms. The predicted molar refractivity (Wildman–Crippen MR) is 145 cm³/mol. The zero-order valence-electron chi connectivity index (χ0n) is 20.8. The molecule has 37 heavy (non-hydrogen) atoms. The maximum atomic E-state index is 13.1. The molecule has 1 unspecified atom stereocenters. The first kappa shape index (κ1) is 26.1. The van der Waals surface area contributed by atoms with Gasteiger partial charge < -0.3 is 9.15 Å². The molecule has 0 radical (unpaired) electrons. The number of aromatic nitrogens is 1. The molecule has 8 nitrogen and oxygen atoms in total. The van der Waals surface area contributed by atoms with Crippen LogP contribution in [0.5, 0.6) is 5.75 Å². The van der Waals surface area contributed by atoms with Gasteiger partial charge in [0.25, 0.3) is 5.69 Å². The minimum Gasteiger partial charge on any atom is -0.493 e. The molecule has 192 valence electrons. The number of nitro groups is 1. The summed E-state index contributed by atoms with van der Waals surface area (Å²) in [4.78, 5) is 15.5. The van der Waals surface area contributed by atoms with Crippen LogP contribution < -0.4 is 9.46 Å². The Morgan fingerprint density at radius 2 is 1.78 bits per heavy atom. The van der Waals surface area contributed by atoms with Gasteiger partial charge in [0.05, 0.1) is 26.9 Å². The maximum Gasteiger partial charge on any atom is 0.269 e. The number of benzene rings is 3. The van der Waals surface area contributed by atoms with E-state index in [0.29, 0.717) is 42.3 Å². The molecular formula is C28H29N3O5S. The van der Waals surface area contributed by atoms with Crippen molar-refractivity contribution in [3.05, 3.63) is 105 Å². The van der Waals surface area contributed by atoms with Crippen molar-refractivity contribution in [2.75, 3.05) is 13.2 Å². The second-order valence-corrected chi connectivity index (χ2v) is 10.7. The van der Waals surface area contributed by atoms with Crippen LogP contribution in [-0.2, 0) is 22.5 Å². The average molecular weight is 520 g/mol. The van der Waals surface area contributed by atoms with Crippen LogP contribution in [0.1, 0.15) is 22.6 Å². The zero-order chi connectivity index (χ0) is 26.4. The van der Waals surface area contributed by atoms with Gasteiger partial charge in [-0.15, -0.1) is 0 Å². The third kappa shape index (κ3) is 6.63. The number of ether oxygens (including phenoxy) is 1. The minimum absolute atomic E-state index is 0.0353. The summed E-state index contributed by atoms with van der Waals surface area (Å²) < 4.78 is 27.7. The van der Waals surface area contributed by atoms with Crippen molar-refractivity contribution in [3.63, 3.8) is 0 Å². The van der Waals surface area contributed by atoms with Crippen LogP contribution in [0, 0.1) is 24.0 Å². The van der Waals surface area contributed by atoms with Crippen molar-refractivity contribution in [1.82, 2.24) is 9.71 Å². The highest BCUT2D eigenvalue weighted by molar-refractivity contribution is 7.98. The van der Waals surface area contributed by atoms with Crippen LogP contribution in [0.15, 0.2) is 82.1 Å². The predicted octanol–water partition coefficient (Wildman–Crippen LogP) is 5.31. The summed E-state index contributed by atoms with van der Waals surface area (Å²) in [5, 5.41) is 10.9. The second-order valence-electron chi connectivity index (χ2n) is 8.66. The molecule has 0 aliphatic heterocycles. The Labute approximate surface area is 216 Å². The summed E-state index contributed by atoms with van der Waals surface area (Å²) >= 11 is 0. The fourth-order valence-electron chi connectivity index (χ4n) is 3.94. The van der Waals surface area contributed by atoms with Crippen LogP contribution in [0.4, 0.5) is 5.69 Å². The molecule has 1 aromatic heterocycles. The lowest BCUT2D eigenvalue weighted by Crippen LogP contribution is -2.26. The number of hydrogen-bond donors (Lipinski definition) is 1. The van der Waals surface area contributed by atoms with Gasteiger partial charge in [-0.2, -0.15) is 0 Å². The van der Waals surface area contributed by atoms with Crippen molar-refractivity contribution in [2.24, 2.45) is 0 Å². The molecule has 0 aliphatic rings. The SMILES string of the molecule is C=S(=O)(NCCc1ccc(OCCc2nc(-c3ccccc3)oc2C)cc1)c1ccc([N+](=O)[O-])cc1C. The number of rotatable bonds is 11. The standard InChI is InChI=1S/C28H29N3O5S/c1-20-19-24(31(32)33)11-14-27(20)37(3,34)29-17-15-22-9-12-25(13-10-22)35-18-16-26-21(2)36-28(30-26)23-7-5-4-6-8-23/h4-14,19H,3,15-18H2,1-2H3,(H,29,34). The Morgan fingerprint density at radius 1 is 1.05 bits per heavy atom. The van der Waals surface area contributed by atoms with E-state index < -0.39 is 14.6 Å². The number of nitro benzene ring substituents is 1. The van der Waals surface area contributed by atoms with Crippen molar-refractivity contribution in [3.8, 4) is 17.2 Å². The molecule has 3 aromatic carbocycles. The number of hydrogen-bond acceptors (Lipinski definition) is 6. The monoisotopic (exact) mass is 519 g/mol. The van der Waals surface area contributed by atoms with Crippen LogP contribution in [0.2, 0.25) is 0 Å². The summed E-state index contributed by atoms with van der Waals surface area (Å²) in [5.74, 6) is 5.97. The van der Waals surface area contributed by atoms with Crippen LogP contribution >= 0.6 is 0 Å². The molecule has 4 rings (SSSR count). The first-order chi connectivity index (χ1) is 17.7. The molecule has 4 aromatic rings. The molecular weight excluding hydrogens is 490 g/mol. The molecule has 1 heterocycles. The number of nitrogens with zero attached hydrogens (tertiary/aromatic N) is 2. The topological polar surface area (TPSA) is 108 Å². The quantitative estimate of drug-likeness (QED) is 0.163. The Morgan fingerprint density at radius 3 is 2.46 bits per heavy atom. The molecule has 0 fully saturated rings. The smallest absolute Gasteiger partial charge is 0.269 e. The van der Waals surface area contributed by atoms with Gasteiger partial charge in [-0.3, -0.25) is 10.1 Å². The van der Waals surface area contributed by atoms with E-state index in [1.165, 1.54) is 18.2 Å². The second kappa shape index (κ2) is 11.4. The van der Waals surface area contributed by atoms with E-state index >= 15 is 0 Å². The van der Waals surface area contributed by atoms with E-state index in [1.54, 1.807) is 6.92 Å². The van der Waals surface area contributed by atoms with Gasteiger partial charge >= 0.3 is 0 Å². The highest BCUT2D eigenvalue weighted by Gasteiger charge is 2.15. The normalized spacial score (nSPS) is 12.7. The minimum atomic E-state index is -2.78. The van der Waals surface area contributed by atoms with Crippen LogP contribution in [-0.4, -0.2) is 33.1 Å².